The molecule has 4 aliphatic rings. The van der Waals surface area contributed by atoms with Crippen LogP contribution < -0.4 is 15.7 Å². The van der Waals surface area contributed by atoms with Gasteiger partial charge in [0.25, 0.3) is 0 Å². The molecule has 0 amide bonds. The predicted octanol–water partition coefficient (Wildman–Crippen LogP) is 7.60. The Hall–Kier alpha value is -2.15. The second-order valence-electron chi connectivity index (χ2n) is 12.6. The number of rotatable bonds is 9. The molecule has 3 atom stereocenters. The second-order valence-corrected chi connectivity index (χ2v) is 15.1. The van der Waals surface area contributed by atoms with Crippen molar-refractivity contribution in [2.75, 3.05) is 0 Å². The number of fused-ring (bicyclic) bond motifs is 1. The van der Waals surface area contributed by atoms with Crippen LogP contribution in [0.4, 0.5) is 0 Å². The third-order valence-corrected chi connectivity index (χ3v) is 13.7. The Bertz CT molecular complexity index is 1250. The zero-order chi connectivity index (χ0) is 25.1. The van der Waals surface area contributed by atoms with Crippen molar-refractivity contribution in [3.63, 3.8) is 0 Å². The smallest absolute Gasteiger partial charge is 0.204 e. The molecule has 0 spiro atoms. The van der Waals surface area contributed by atoms with Gasteiger partial charge in [0, 0.05) is 22.1 Å². The molecule has 4 aliphatic carbocycles. The highest BCUT2D eigenvalue weighted by molar-refractivity contribution is 7.76. The van der Waals surface area contributed by atoms with Gasteiger partial charge < -0.3 is 0 Å². The van der Waals surface area contributed by atoms with E-state index in [0.29, 0.717) is 0 Å². The molecule has 4 saturated carbocycles. The van der Waals surface area contributed by atoms with Crippen LogP contribution in [0.5, 0.6) is 0 Å². The molecular formula is C34H40NOP. The number of hydrogen-bond acceptors (Lipinski definition) is 1. The largest absolute Gasteiger partial charge is 0.297 e. The molecule has 3 heteroatoms. The lowest BCUT2D eigenvalue weighted by Crippen LogP contribution is -2.45. The van der Waals surface area contributed by atoms with Crippen LogP contribution in [-0.4, -0.2) is 6.04 Å². The normalized spacial score (nSPS) is 33.4. The Balaban J connectivity index is 1.31. The van der Waals surface area contributed by atoms with E-state index in [0.717, 1.165) is 22.4 Å². The van der Waals surface area contributed by atoms with Gasteiger partial charge in [-0.15, -0.1) is 0 Å². The molecule has 192 valence electrons. The van der Waals surface area contributed by atoms with Crippen LogP contribution in [0.15, 0.2) is 91.0 Å². The SMILES string of the molecule is CC[C@]1([C@H](NP(=O)(c2ccccc2)c2ccccc2)C23CC2(c2ccccc2)C3)C[C@@H]1C1CCCCC1. The van der Waals surface area contributed by atoms with E-state index < -0.39 is 7.29 Å². The molecule has 2 nitrogen and oxygen atoms in total. The average Bonchev–Trinajstić information content (AvgIpc) is 3.90. The van der Waals surface area contributed by atoms with Crippen LogP contribution in [-0.2, 0) is 9.98 Å². The molecule has 37 heavy (non-hydrogen) atoms. The Kier molecular flexibility index (Phi) is 5.62. The summed E-state index contributed by atoms with van der Waals surface area (Å²) in [6, 6.07) is 32.0. The van der Waals surface area contributed by atoms with Crippen LogP contribution in [0.3, 0.4) is 0 Å². The molecule has 0 heterocycles. The van der Waals surface area contributed by atoms with E-state index in [1.54, 1.807) is 0 Å². The first-order valence-electron chi connectivity index (χ1n) is 14.6. The summed E-state index contributed by atoms with van der Waals surface area (Å²) in [6.07, 6.45) is 12.0. The van der Waals surface area contributed by atoms with E-state index in [1.807, 2.05) is 36.4 Å². The van der Waals surface area contributed by atoms with Crippen LogP contribution >= 0.6 is 7.29 Å². The van der Waals surface area contributed by atoms with Crippen molar-refractivity contribution in [3.8, 4) is 0 Å². The molecule has 0 bridgehead atoms. The fraction of sp³-hybridized carbons (Fsp3) is 0.471. The van der Waals surface area contributed by atoms with E-state index in [-0.39, 0.29) is 22.3 Å². The predicted molar refractivity (Wildman–Crippen MR) is 154 cm³/mol. The monoisotopic (exact) mass is 509 g/mol. The molecular weight excluding hydrogens is 469 g/mol. The van der Waals surface area contributed by atoms with E-state index in [4.69, 9.17) is 0 Å². The summed E-state index contributed by atoms with van der Waals surface area (Å²) in [5.74, 6) is 1.63. The Morgan fingerprint density at radius 3 is 1.89 bits per heavy atom. The van der Waals surface area contributed by atoms with Gasteiger partial charge in [-0.05, 0) is 78.2 Å². The highest BCUT2D eigenvalue weighted by Gasteiger charge is 2.89. The van der Waals surface area contributed by atoms with Crippen molar-refractivity contribution in [1.82, 2.24) is 5.09 Å². The zero-order valence-corrected chi connectivity index (χ0v) is 23.0. The van der Waals surface area contributed by atoms with E-state index in [9.17, 15) is 0 Å². The van der Waals surface area contributed by atoms with Crippen molar-refractivity contribution in [2.24, 2.45) is 22.7 Å². The minimum atomic E-state index is -3.02. The highest BCUT2D eigenvalue weighted by Crippen LogP contribution is 2.90. The van der Waals surface area contributed by atoms with Gasteiger partial charge >= 0.3 is 0 Å². The molecule has 3 aromatic carbocycles. The van der Waals surface area contributed by atoms with Crippen LogP contribution in [0, 0.1) is 22.7 Å². The number of benzene rings is 3. The van der Waals surface area contributed by atoms with Gasteiger partial charge in [-0.25, -0.2) is 0 Å². The second kappa shape index (κ2) is 8.69. The standard InChI is InChI=1S/C34H40NOP/c1-2-32(23-30(32)26-15-7-3-8-16-26)31(34-24-33(34,25-34)27-17-9-4-10-18-27)35-37(36,28-19-11-5-12-20-28)29-21-13-6-14-22-29/h4-6,9-14,17-22,26,30-31H,2-3,7-8,15-16,23-25H2,1H3,(H,35,36)/t30-,31+,32+,33?,34?/m1/s1. The van der Waals surface area contributed by atoms with Crippen molar-refractivity contribution in [2.45, 2.75) is 76.2 Å². The third kappa shape index (κ3) is 3.59. The molecule has 3 aromatic rings. The summed E-state index contributed by atoms with van der Waals surface area (Å²) in [5.41, 5.74) is 2.28. The average molecular weight is 510 g/mol. The summed E-state index contributed by atoms with van der Waals surface area (Å²) in [4.78, 5) is 0. The minimum Gasteiger partial charge on any atom is -0.297 e. The van der Waals surface area contributed by atoms with E-state index in [1.165, 1.54) is 63.4 Å². The fourth-order valence-corrected chi connectivity index (χ4v) is 11.3. The summed E-state index contributed by atoms with van der Waals surface area (Å²) in [6.45, 7) is 2.42. The quantitative estimate of drug-likeness (QED) is 0.301. The van der Waals surface area contributed by atoms with Crippen LogP contribution in [0.25, 0.3) is 0 Å². The lowest BCUT2D eigenvalue weighted by molar-refractivity contribution is 0.210. The molecule has 1 N–H and O–H groups in total. The zero-order valence-electron chi connectivity index (χ0n) is 22.1. The van der Waals surface area contributed by atoms with Crippen molar-refractivity contribution in [1.29, 1.82) is 0 Å². The first-order chi connectivity index (χ1) is 18.1. The third-order valence-electron chi connectivity index (χ3n) is 11.0. The molecule has 0 aromatic heterocycles. The topological polar surface area (TPSA) is 29.1 Å². The summed E-state index contributed by atoms with van der Waals surface area (Å²) in [5, 5.41) is 5.96. The number of hydrogen-bond donors (Lipinski definition) is 1. The summed E-state index contributed by atoms with van der Waals surface area (Å²) in [7, 11) is -3.02. The summed E-state index contributed by atoms with van der Waals surface area (Å²) >= 11 is 0. The van der Waals surface area contributed by atoms with Gasteiger partial charge in [-0.1, -0.05) is 106 Å². The number of nitrogens with one attached hydrogen (secondary N) is 1. The molecule has 0 radical (unpaired) electrons. The van der Waals surface area contributed by atoms with Crippen LogP contribution in [0.1, 0.15) is 70.3 Å². The summed E-state index contributed by atoms with van der Waals surface area (Å²) < 4.78 is 15.3. The Morgan fingerprint density at radius 2 is 1.35 bits per heavy atom. The van der Waals surface area contributed by atoms with Gasteiger partial charge in [-0.2, -0.15) is 0 Å². The fourth-order valence-electron chi connectivity index (χ4n) is 8.69. The lowest BCUT2D eigenvalue weighted by Gasteiger charge is -2.37. The minimum absolute atomic E-state index is 0.243. The van der Waals surface area contributed by atoms with Gasteiger partial charge in [0.1, 0.15) is 0 Å². The van der Waals surface area contributed by atoms with Gasteiger partial charge in [0.2, 0.25) is 7.29 Å². The van der Waals surface area contributed by atoms with Crippen molar-refractivity contribution >= 4 is 17.9 Å². The molecule has 0 aliphatic heterocycles. The maximum atomic E-state index is 15.3. The van der Waals surface area contributed by atoms with Gasteiger partial charge in [0.05, 0.1) is 0 Å². The van der Waals surface area contributed by atoms with Crippen molar-refractivity contribution in [3.05, 3.63) is 96.6 Å². The molecule has 4 fully saturated rings. The first kappa shape index (κ1) is 23.9. The van der Waals surface area contributed by atoms with E-state index >= 15 is 4.57 Å². The first-order valence-corrected chi connectivity index (χ1v) is 16.3. The van der Waals surface area contributed by atoms with Crippen LogP contribution in [0.2, 0.25) is 0 Å². The van der Waals surface area contributed by atoms with E-state index in [2.05, 4.69) is 66.6 Å². The van der Waals surface area contributed by atoms with Gasteiger partial charge in [0.15, 0.2) is 0 Å². The molecule has 0 saturated heterocycles. The highest BCUT2D eigenvalue weighted by atomic mass is 31.2. The van der Waals surface area contributed by atoms with Gasteiger partial charge in [-0.3, -0.25) is 9.65 Å². The molecule has 7 rings (SSSR count). The lowest BCUT2D eigenvalue weighted by atomic mass is 9.77. The maximum Gasteiger partial charge on any atom is 0.204 e. The van der Waals surface area contributed by atoms with Crippen molar-refractivity contribution < 1.29 is 4.57 Å². The Morgan fingerprint density at radius 1 is 0.811 bits per heavy atom. The molecule has 0 unspecified atom stereocenters. The Labute approximate surface area is 222 Å². The maximum absolute atomic E-state index is 15.3.